The Hall–Kier alpha value is -1.74. The lowest BCUT2D eigenvalue weighted by Gasteiger charge is -2.16. The molecular formula is C11H14N4O4. The van der Waals surface area contributed by atoms with E-state index >= 15 is 0 Å². The zero-order valence-electron chi connectivity index (χ0n) is 9.92. The predicted octanol–water partition coefficient (Wildman–Crippen LogP) is -1.38. The van der Waals surface area contributed by atoms with Crippen molar-refractivity contribution in [2.45, 2.75) is 24.5 Å². The average molecular weight is 266 g/mol. The Balaban J connectivity index is 2.04. The summed E-state index contributed by atoms with van der Waals surface area (Å²) in [6.07, 6.45) is -0.952. The quantitative estimate of drug-likeness (QED) is 0.528. The van der Waals surface area contributed by atoms with Gasteiger partial charge in [-0.15, -0.1) is 0 Å². The van der Waals surface area contributed by atoms with Crippen molar-refractivity contribution in [3.8, 4) is 0 Å². The second kappa shape index (κ2) is 4.42. The van der Waals surface area contributed by atoms with Gasteiger partial charge in [-0.3, -0.25) is 0 Å². The van der Waals surface area contributed by atoms with Crippen molar-refractivity contribution in [3.63, 3.8) is 0 Å². The molecule has 4 atom stereocenters. The van der Waals surface area contributed by atoms with Crippen LogP contribution in [0.1, 0.15) is 6.23 Å². The highest BCUT2D eigenvalue weighted by Crippen LogP contribution is 2.32. The molecular weight excluding hydrogens is 252 g/mol. The lowest BCUT2D eigenvalue weighted by molar-refractivity contribution is -0.0508. The van der Waals surface area contributed by atoms with Gasteiger partial charge in [0.25, 0.3) is 0 Å². The predicted molar refractivity (Wildman–Crippen MR) is 64.9 cm³/mol. The largest absolute Gasteiger partial charge is 0.394 e. The number of imidazole rings is 1. The van der Waals surface area contributed by atoms with Gasteiger partial charge in [-0.25, -0.2) is 9.97 Å². The normalized spacial score (nSPS) is 31.1. The Morgan fingerprint density at radius 3 is 2.79 bits per heavy atom. The van der Waals surface area contributed by atoms with E-state index in [2.05, 4.69) is 9.97 Å². The van der Waals surface area contributed by atoms with Crippen LogP contribution in [0.5, 0.6) is 0 Å². The van der Waals surface area contributed by atoms with Gasteiger partial charge in [-0.1, -0.05) is 0 Å². The first-order valence-corrected chi connectivity index (χ1v) is 5.83. The summed E-state index contributed by atoms with van der Waals surface area (Å²) in [5.41, 5.74) is 6.85. The fourth-order valence-electron chi connectivity index (χ4n) is 2.29. The number of nitrogens with zero attached hydrogens (tertiary/aromatic N) is 3. The molecule has 1 saturated heterocycles. The fourth-order valence-corrected chi connectivity index (χ4v) is 2.29. The Morgan fingerprint density at radius 1 is 1.32 bits per heavy atom. The fraction of sp³-hybridized carbons (Fsp3) is 0.455. The first-order chi connectivity index (χ1) is 9.13. The maximum Gasteiger partial charge on any atom is 0.164 e. The zero-order valence-corrected chi connectivity index (χ0v) is 9.92. The van der Waals surface area contributed by atoms with Gasteiger partial charge in [-0.05, 0) is 6.07 Å². The molecule has 0 spiro atoms. The van der Waals surface area contributed by atoms with E-state index in [4.69, 9.17) is 15.6 Å². The number of anilines is 1. The van der Waals surface area contributed by atoms with Crippen LogP contribution in [-0.4, -0.2) is 54.8 Å². The number of aromatic nitrogens is 3. The average Bonchev–Trinajstić information content (AvgIpc) is 2.94. The molecule has 0 radical (unpaired) electrons. The van der Waals surface area contributed by atoms with E-state index in [0.29, 0.717) is 11.0 Å². The van der Waals surface area contributed by atoms with Crippen molar-refractivity contribution < 1.29 is 20.1 Å². The molecule has 3 heterocycles. The van der Waals surface area contributed by atoms with Gasteiger partial charge in [0.05, 0.1) is 18.5 Å². The number of aliphatic hydroxyl groups excluding tert-OH is 3. The van der Waals surface area contributed by atoms with E-state index in [0.717, 1.165) is 0 Å². The van der Waals surface area contributed by atoms with Gasteiger partial charge in [0.2, 0.25) is 0 Å². The second-order valence-corrected chi connectivity index (χ2v) is 4.44. The van der Waals surface area contributed by atoms with Gasteiger partial charge in [0.15, 0.2) is 12.0 Å². The molecule has 2 aromatic heterocycles. The van der Waals surface area contributed by atoms with Crippen LogP contribution in [0, 0.1) is 0 Å². The number of fused-ring (bicyclic) bond motifs is 1. The third kappa shape index (κ3) is 1.77. The van der Waals surface area contributed by atoms with E-state index in [-0.39, 0.29) is 12.4 Å². The highest BCUT2D eigenvalue weighted by Gasteiger charge is 2.43. The molecule has 1 aliphatic heterocycles. The first-order valence-electron chi connectivity index (χ1n) is 5.83. The van der Waals surface area contributed by atoms with Crippen LogP contribution in [0.15, 0.2) is 18.6 Å². The van der Waals surface area contributed by atoms with Crippen molar-refractivity contribution in [1.82, 2.24) is 14.5 Å². The molecule has 3 rings (SSSR count). The summed E-state index contributed by atoms with van der Waals surface area (Å²) in [5.74, 6) is 0.281. The third-order valence-corrected chi connectivity index (χ3v) is 3.31. The number of nitrogen functional groups attached to an aromatic ring is 1. The molecule has 2 aromatic rings. The summed E-state index contributed by atoms with van der Waals surface area (Å²) < 4.78 is 7.01. The van der Waals surface area contributed by atoms with Crippen LogP contribution < -0.4 is 5.73 Å². The molecule has 0 unspecified atom stereocenters. The smallest absolute Gasteiger partial charge is 0.164 e. The van der Waals surface area contributed by atoms with Gasteiger partial charge in [0, 0.05) is 6.20 Å². The van der Waals surface area contributed by atoms with Crippen LogP contribution in [0.25, 0.3) is 11.0 Å². The molecule has 0 aliphatic carbocycles. The highest BCUT2D eigenvalue weighted by atomic mass is 16.6. The molecule has 5 N–H and O–H groups in total. The monoisotopic (exact) mass is 266 g/mol. The van der Waals surface area contributed by atoms with Gasteiger partial charge in [0.1, 0.15) is 23.8 Å². The topological polar surface area (TPSA) is 127 Å². The standard InChI is InChI=1S/C11H14N4O4/c12-10-7-5(1-2-13-10)15(4-14-7)11-9(18)8(17)6(3-16)19-11/h1-2,4,6,8-9,11,16-18H,3H2,(H2,12,13)/t6-,8-,9+,11-/m0/s1. The van der Waals surface area contributed by atoms with Gasteiger partial charge in [-0.2, -0.15) is 0 Å². The maximum absolute atomic E-state index is 9.98. The summed E-state index contributed by atoms with van der Waals surface area (Å²) in [6, 6.07) is 1.69. The van der Waals surface area contributed by atoms with Crippen molar-refractivity contribution in [3.05, 3.63) is 18.6 Å². The number of pyridine rings is 1. The molecule has 0 aromatic carbocycles. The van der Waals surface area contributed by atoms with Crippen molar-refractivity contribution in [2.24, 2.45) is 0 Å². The third-order valence-electron chi connectivity index (χ3n) is 3.31. The van der Waals surface area contributed by atoms with E-state index in [9.17, 15) is 10.2 Å². The molecule has 0 bridgehead atoms. The Kier molecular flexibility index (Phi) is 2.86. The van der Waals surface area contributed by atoms with Crippen LogP contribution in [0.4, 0.5) is 5.82 Å². The molecule has 0 saturated carbocycles. The zero-order chi connectivity index (χ0) is 13.6. The van der Waals surface area contributed by atoms with Crippen LogP contribution in [0.3, 0.4) is 0 Å². The number of hydrogen-bond acceptors (Lipinski definition) is 7. The molecule has 1 fully saturated rings. The van der Waals surface area contributed by atoms with E-state index in [1.165, 1.54) is 12.5 Å². The minimum Gasteiger partial charge on any atom is -0.394 e. The minimum absolute atomic E-state index is 0.281. The summed E-state index contributed by atoms with van der Waals surface area (Å²) in [4.78, 5) is 8.03. The minimum atomic E-state index is -1.15. The van der Waals surface area contributed by atoms with Crippen LogP contribution in [-0.2, 0) is 4.74 Å². The van der Waals surface area contributed by atoms with E-state index in [1.807, 2.05) is 0 Å². The molecule has 102 valence electrons. The highest BCUT2D eigenvalue weighted by molar-refractivity contribution is 5.84. The second-order valence-electron chi connectivity index (χ2n) is 4.44. The molecule has 1 aliphatic rings. The summed E-state index contributed by atoms with van der Waals surface area (Å²) in [7, 11) is 0. The first kappa shape index (κ1) is 12.3. The Labute approximate surface area is 108 Å². The summed E-state index contributed by atoms with van der Waals surface area (Å²) in [5, 5.41) is 28.8. The Morgan fingerprint density at radius 2 is 2.11 bits per heavy atom. The molecule has 8 heteroatoms. The van der Waals surface area contributed by atoms with Gasteiger partial charge < -0.3 is 30.4 Å². The van der Waals surface area contributed by atoms with Crippen molar-refractivity contribution >= 4 is 16.9 Å². The molecule has 8 nitrogen and oxygen atoms in total. The number of nitrogens with two attached hydrogens (primary N) is 1. The van der Waals surface area contributed by atoms with E-state index < -0.39 is 24.5 Å². The van der Waals surface area contributed by atoms with E-state index in [1.54, 1.807) is 10.6 Å². The van der Waals surface area contributed by atoms with Crippen LogP contribution >= 0.6 is 0 Å². The molecule has 0 amide bonds. The molecule has 19 heavy (non-hydrogen) atoms. The number of ether oxygens (including phenoxy) is 1. The number of hydrogen-bond donors (Lipinski definition) is 4. The van der Waals surface area contributed by atoms with Crippen molar-refractivity contribution in [1.29, 1.82) is 0 Å². The summed E-state index contributed by atoms with van der Waals surface area (Å²) >= 11 is 0. The van der Waals surface area contributed by atoms with Crippen LogP contribution in [0.2, 0.25) is 0 Å². The maximum atomic E-state index is 9.98. The van der Waals surface area contributed by atoms with Crippen molar-refractivity contribution in [2.75, 3.05) is 12.3 Å². The summed E-state index contributed by atoms with van der Waals surface area (Å²) in [6.45, 7) is -0.370. The SMILES string of the molecule is Nc1nccc2c1ncn2[C@H]1O[C@@H](CO)[C@H](O)[C@H]1O. The van der Waals surface area contributed by atoms with Gasteiger partial charge >= 0.3 is 0 Å². The Bertz CT molecular complexity index is 601. The lowest BCUT2D eigenvalue weighted by Crippen LogP contribution is -2.33. The number of aliphatic hydroxyl groups is 3. The lowest BCUT2D eigenvalue weighted by atomic mass is 10.1. The number of rotatable bonds is 2.